The van der Waals surface area contributed by atoms with Crippen molar-refractivity contribution in [1.29, 1.82) is 0 Å². The minimum Gasteiger partial charge on any atom is -0.367 e. The van der Waals surface area contributed by atoms with Crippen molar-refractivity contribution in [3.8, 4) is 0 Å². The lowest BCUT2D eigenvalue weighted by Gasteiger charge is -2.40. The van der Waals surface area contributed by atoms with E-state index in [1.807, 2.05) is 12.1 Å². The molecule has 0 saturated carbocycles. The summed E-state index contributed by atoms with van der Waals surface area (Å²) in [4.78, 5) is 20.6. The Morgan fingerprint density at radius 2 is 1.88 bits per heavy atom. The Labute approximate surface area is 186 Å². The van der Waals surface area contributed by atoms with Crippen molar-refractivity contribution in [2.45, 2.75) is 38.3 Å². The number of hydrogen-bond acceptors (Lipinski definition) is 3. The number of carbonyl (C=O) groups is 1. The van der Waals surface area contributed by atoms with Gasteiger partial charge in [-0.2, -0.15) is 0 Å². The molecule has 7 heteroatoms. The van der Waals surface area contributed by atoms with Crippen LogP contribution in [0.25, 0.3) is 0 Å². The second kappa shape index (κ2) is 8.37. The van der Waals surface area contributed by atoms with E-state index in [2.05, 4.69) is 15.7 Å². The summed E-state index contributed by atoms with van der Waals surface area (Å²) in [6.07, 6.45) is 4.77. The number of aromatic nitrogens is 2. The van der Waals surface area contributed by atoms with Crippen molar-refractivity contribution in [2.24, 2.45) is 0 Å². The third-order valence-corrected chi connectivity index (χ3v) is 6.76. The smallest absolute Gasteiger partial charge is 0.210 e. The van der Waals surface area contributed by atoms with E-state index >= 15 is 0 Å². The number of carbonyl (C=O) groups excluding carboxylic acids is 1. The standard InChI is InChI=1S/C25H26F2N4O/c1-17-12-18(2-8-22(17)27)19-3-9-25-28-23(14-31(25)13-19)24-15-29(10-11-30(24)16-32)21-6-4-20(26)5-7-21/h2,4-8,12,14,16,19,24H,3,9-11,13,15H2,1H3. The second-order valence-corrected chi connectivity index (χ2v) is 8.76. The molecule has 3 heterocycles. The first-order chi connectivity index (χ1) is 15.5. The predicted molar refractivity (Wildman–Crippen MR) is 119 cm³/mol. The van der Waals surface area contributed by atoms with Crippen molar-refractivity contribution in [2.75, 3.05) is 24.5 Å². The van der Waals surface area contributed by atoms with Crippen molar-refractivity contribution < 1.29 is 13.6 Å². The fourth-order valence-corrected chi connectivity index (χ4v) is 4.89. The summed E-state index contributed by atoms with van der Waals surface area (Å²) in [7, 11) is 0. The maximum Gasteiger partial charge on any atom is 0.210 e. The van der Waals surface area contributed by atoms with E-state index in [0.29, 0.717) is 31.1 Å². The Balaban J connectivity index is 1.37. The van der Waals surface area contributed by atoms with Crippen LogP contribution in [0.2, 0.25) is 0 Å². The first kappa shape index (κ1) is 20.7. The number of rotatable bonds is 4. The molecule has 2 atom stereocenters. The highest BCUT2D eigenvalue weighted by molar-refractivity contribution is 5.53. The number of nitrogens with zero attached hydrogens (tertiary/aromatic N) is 4. The molecule has 2 aromatic carbocycles. The van der Waals surface area contributed by atoms with Crippen LogP contribution >= 0.6 is 0 Å². The van der Waals surface area contributed by atoms with Gasteiger partial charge in [-0.3, -0.25) is 4.79 Å². The maximum atomic E-state index is 13.7. The molecule has 2 aliphatic rings. The van der Waals surface area contributed by atoms with E-state index < -0.39 is 0 Å². The SMILES string of the molecule is Cc1cc(C2CCc3nc(C4CN(c5ccc(F)cc5)CCN4C=O)cn3C2)ccc1F. The van der Waals surface area contributed by atoms with Crippen LogP contribution in [-0.2, 0) is 17.8 Å². The number of imidazole rings is 1. The van der Waals surface area contributed by atoms with E-state index in [1.165, 1.54) is 12.1 Å². The van der Waals surface area contributed by atoms with Gasteiger partial charge in [-0.15, -0.1) is 0 Å². The molecule has 1 saturated heterocycles. The van der Waals surface area contributed by atoms with E-state index in [-0.39, 0.29) is 17.7 Å². The minimum absolute atomic E-state index is 0.157. The number of piperazine rings is 1. The number of hydrogen-bond donors (Lipinski definition) is 0. The van der Waals surface area contributed by atoms with E-state index in [9.17, 15) is 13.6 Å². The third kappa shape index (κ3) is 3.87. The summed E-state index contributed by atoms with van der Waals surface area (Å²) in [5.41, 5.74) is 3.65. The van der Waals surface area contributed by atoms with Gasteiger partial charge in [0.15, 0.2) is 0 Å². The second-order valence-electron chi connectivity index (χ2n) is 8.76. The zero-order chi connectivity index (χ0) is 22.2. The van der Waals surface area contributed by atoms with E-state index in [0.717, 1.165) is 48.6 Å². The molecular formula is C25H26F2N4O. The van der Waals surface area contributed by atoms with Gasteiger partial charge >= 0.3 is 0 Å². The van der Waals surface area contributed by atoms with Crippen LogP contribution in [0.15, 0.2) is 48.7 Å². The summed E-state index contributed by atoms with van der Waals surface area (Å²) in [6, 6.07) is 11.7. The van der Waals surface area contributed by atoms with Gasteiger partial charge in [-0.25, -0.2) is 13.8 Å². The van der Waals surface area contributed by atoms with Crippen molar-refractivity contribution in [1.82, 2.24) is 14.5 Å². The van der Waals surface area contributed by atoms with Crippen molar-refractivity contribution >= 4 is 12.1 Å². The Kier molecular flexibility index (Phi) is 5.41. The summed E-state index contributed by atoms with van der Waals surface area (Å²) in [5, 5.41) is 0. The lowest BCUT2D eigenvalue weighted by molar-refractivity contribution is -0.120. The monoisotopic (exact) mass is 436 g/mol. The van der Waals surface area contributed by atoms with Gasteiger partial charge in [0, 0.05) is 50.4 Å². The van der Waals surface area contributed by atoms with Gasteiger partial charge < -0.3 is 14.4 Å². The first-order valence-electron chi connectivity index (χ1n) is 11.1. The molecule has 1 aromatic heterocycles. The Hall–Kier alpha value is -3.22. The first-order valence-corrected chi connectivity index (χ1v) is 11.1. The normalized spacial score (nSPS) is 20.8. The summed E-state index contributed by atoms with van der Waals surface area (Å²) in [6.45, 7) is 4.49. The average molecular weight is 437 g/mol. The fraction of sp³-hybridized carbons (Fsp3) is 0.360. The molecule has 0 aliphatic carbocycles. The molecule has 1 amide bonds. The number of aryl methyl sites for hydroxylation is 2. The number of benzene rings is 2. The molecule has 2 unspecified atom stereocenters. The minimum atomic E-state index is -0.260. The van der Waals surface area contributed by atoms with Gasteiger partial charge in [-0.1, -0.05) is 12.1 Å². The molecule has 0 spiro atoms. The largest absolute Gasteiger partial charge is 0.367 e. The molecule has 0 bridgehead atoms. The highest BCUT2D eigenvalue weighted by Crippen LogP contribution is 2.33. The summed E-state index contributed by atoms with van der Waals surface area (Å²) in [5.74, 6) is 0.907. The molecule has 166 valence electrons. The third-order valence-electron chi connectivity index (χ3n) is 6.76. The molecule has 32 heavy (non-hydrogen) atoms. The lowest BCUT2D eigenvalue weighted by atomic mass is 9.90. The Morgan fingerprint density at radius 1 is 1.06 bits per heavy atom. The van der Waals surface area contributed by atoms with Gasteiger partial charge in [0.2, 0.25) is 6.41 Å². The van der Waals surface area contributed by atoms with Gasteiger partial charge in [-0.05, 0) is 54.8 Å². The molecular weight excluding hydrogens is 410 g/mol. The van der Waals surface area contributed by atoms with Gasteiger partial charge in [0.25, 0.3) is 0 Å². The van der Waals surface area contributed by atoms with Crippen molar-refractivity contribution in [3.63, 3.8) is 0 Å². The van der Waals surface area contributed by atoms with Crippen LogP contribution < -0.4 is 4.90 Å². The topological polar surface area (TPSA) is 41.4 Å². The average Bonchev–Trinajstić information content (AvgIpc) is 3.24. The molecule has 3 aromatic rings. The molecule has 2 aliphatic heterocycles. The fourth-order valence-electron chi connectivity index (χ4n) is 4.89. The Morgan fingerprint density at radius 3 is 2.62 bits per heavy atom. The zero-order valence-electron chi connectivity index (χ0n) is 18.0. The molecule has 1 fully saturated rings. The Bertz CT molecular complexity index is 1130. The highest BCUT2D eigenvalue weighted by Gasteiger charge is 2.31. The number of amides is 1. The van der Waals surface area contributed by atoms with Crippen LogP contribution in [0.3, 0.4) is 0 Å². The molecule has 0 radical (unpaired) electrons. The van der Waals surface area contributed by atoms with E-state index in [1.54, 1.807) is 30.0 Å². The van der Waals surface area contributed by atoms with E-state index in [4.69, 9.17) is 4.98 Å². The predicted octanol–water partition coefficient (Wildman–Crippen LogP) is 4.22. The van der Waals surface area contributed by atoms with Crippen LogP contribution in [0.4, 0.5) is 14.5 Å². The number of fused-ring (bicyclic) bond motifs is 1. The number of halogens is 2. The summed E-state index contributed by atoms with van der Waals surface area (Å²) >= 11 is 0. The zero-order valence-corrected chi connectivity index (χ0v) is 18.0. The van der Waals surface area contributed by atoms with Crippen molar-refractivity contribution in [3.05, 3.63) is 82.9 Å². The van der Waals surface area contributed by atoms with Gasteiger partial charge in [0.1, 0.15) is 17.5 Å². The summed E-state index contributed by atoms with van der Waals surface area (Å²) < 4.78 is 29.2. The number of anilines is 1. The maximum absolute atomic E-state index is 13.7. The lowest BCUT2D eigenvalue weighted by Crippen LogP contribution is -2.48. The van der Waals surface area contributed by atoms with Crippen LogP contribution in [-0.4, -0.2) is 40.5 Å². The van der Waals surface area contributed by atoms with Gasteiger partial charge in [0.05, 0.1) is 11.7 Å². The van der Waals surface area contributed by atoms with Crippen LogP contribution in [0.1, 0.15) is 41.0 Å². The molecule has 5 nitrogen and oxygen atoms in total. The highest BCUT2D eigenvalue weighted by atomic mass is 19.1. The van der Waals surface area contributed by atoms with Crippen LogP contribution in [0.5, 0.6) is 0 Å². The molecule has 5 rings (SSSR count). The van der Waals surface area contributed by atoms with Crippen LogP contribution in [0, 0.1) is 18.6 Å². The quantitative estimate of drug-likeness (QED) is 0.575. The molecule has 0 N–H and O–H groups in total.